The summed E-state index contributed by atoms with van der Waals surface area (Å²) in [6, 6.07) is 19.6. The first-order valence-corrected chi connectivity index (χ1v) is 9.98. The van der Waals surface area contributed by atoms with E-state index in [1.165, 1.54) is 10.5 Å². The van der Waals surface area contributed by atoms with E-state index in [9.17, 15) is 9.59 Å². The quantitative estimate of drug-likeness (QED) is 0.793. The number of imide groups is 1. The van der Waals surface area contributed by atoms with Gasteiger partial charge >= 0.3 is 6.09 Å². The van der Waals surface area contributed by atoms with Crippen LogP contribution < -0.4 is 0 Å². The van der Waals surface area contributed by atoms with E-state index in [4.69, 9.17) is 4.74 Å². The average molecular weight is 378 g/mol. The molecule has 0 spiro atoms. The zero-order valence-electron chi connectivity index (χ0n) is 16.2. The van der Waals surface area contributed by atoms with Crippen LogP contribution in [0.15, 0.2) is 60.7 Å². The molecule has 3 atom stereocenters. The van der Waals surface area contributed by atoms with Crippen molar-refractivity contribution in [1.82, 2.24) is 9.80 Å². The summed E-state index contributed by atoms with van der Waals surface area (Å²) >= 11 is 0. The molecule has 2 amide bonds. The Balaban J connectivity index is 1.51. The summed E-state index contributed by atoms with van der Waals surface area (Å²) in [6.07, 6.45) is 0.399. The van der Waals surface area contributed by atoms with Crippen LogP contribution in [0, 0.1) is 11.8 Å². The molecule has 0 radical (unpaired) electrons. The third kappa shape index (κ3) is 3.67. The Morgan fingerprint density at radius 1 is 1.04 bits per heavy atom. The molecule has 5 nitrogen and oxygen atoms in total. The molecule has 5 heteroatoms. The van der Waals surface area contributed by atoms with Gasteiger partial charge in [0.1, 0.15) is 12.6 Å². The van der Waals surface area contributed by atoms with Gasteiger partial charge in [0.2, 0.25) is 5.91 Å². The second-order valence-electron chi connectivity index (χ2n) is 7.67. The molecule has 0 bridgehead atoms. The van der Waals surface area contributed by atoms with Crippen molar-refractivity contribution < 1.29 is 14.3 Å². The Labute approximate surface area is 165 Å². The number of hydrogen-bond donors (Lipinski definition) is 0. The molecule has 2 heterocycles. The summed E-state index contributed by atoms with van der Waals surface area (Å²) in [5, 5.41) is 0. The van der Waals surface area contributed by atoms with Crippen LogP contribution in [0.1, 0.15) is 30.5 Å². The van der Waals surface area contributed by atoms with E-state index in [2.05, 4.69) is 24.0 Å². The third-order valence-electron chi connectivity index (χ3n) is 5.90. The molecule has 0 aliphatic carbocycles. The van der Waals surface area contributed by atoms with Crippen molar-refractivity contribution in [3.63, 3.8) is 0 Å². The summed E-state index contributed by atoms with van der Waals surface area (Å²) in [5.74, 6) is -0.0228. The molecule has 2 aromatic rings. The van der Waals surface area contributed by atoms with Crippen molar-refractivity contribution in [1.29, 1.82) is 0 Å². The molecular formula is C23H26N2O3. The fourth-order valence-corrected chi connectivity index (χ4v) is 4.39. The number of amides is 2. The topological polar surface area (TPSA) is 49.9 Å². The zero-order chi connectivity index (χ0) is 19.5. The monoisotopic (exact) mass is 378 g/mol. The number of likely N-dealkylation sites (tertiary alicyclic amines) is 1. The van der Waals surface area contributed by atoms with Gasteiger partial charge in [0.05, 0.1) is 5.92 Å². The predicted molar refractivity (Wildman–Crippen MR) is 106 cm³/mol. The largest absolute Gasteiger partial charge is 0.446 e. The summed E-state index contributed by atoms with van der Waals surface area (Å²) in [4.78, 5) is 29.5. The Morgan fingerprint density at radius 2 is 1.71 bits per heavy atom. The Bertz CT molecular complexity index is 824. The van der Waals surface area contributed by atoms with Crippen molar-refractivity contribution in [2.24, 2.45) is 11.8 Å². The first kappa shape index (κ1) is 18.7. The highest BCUT2D eigenvalue weighted by Gasteiger charge is 2.46. The summed E-state index contributed by atoms with van der Waals surface area (Å²) < 4.78 is 5.26. The van der Waals surface area contributed by atoms with Gasteiger partial charge in [-0.15, -0.1) is 0 Å². The van der Waals surface area contributed by atoms with Crippen LogP contribution in [-0.4, -0.2) is 41.5 Å². The van der Waals surface area contributed by atoms with Gasteiger partial charge in [-0.1, -0.05) is 74.0 Å². The molecule has 2 aliphatic heterocycles. The van der Waals surface area contributed by atoms with E-state index in [-0.39, 0.29) is 30.4 Å². The molecule has 0 unspecified atom stereocenters. The first-order chi connectivity index (χ1) is 13.7. The van der Waals surface area contributed by atoms with E-state index in [0.29, 0.717) is 6.54 Å². The Kier molecular flexibility index (Phi) is 5.44. The van der Waals surface area contributed by atoms with Gasteiger partial charge in [-0.3, -0.25) is 9.69 Å². The van der Waals surface area contributed by atoms with E-state index < -0.39 is 6.09 Å². The molecule has 2 saturated heterocycles. The molecule has 4 rings (SSSR count). The highest BCUT2D eigenvalue weighted by atomic mass is 16.6. The van der Waals surface area contributed by atoms with Crippen molar-refractivity contribution in [3.8, 4) is 0 Å². The van der Waals surface area contributed by atoms with Gasteiger partial charge in [0.15, 0.2) is 0 Å². The average Bonchev–Trinajstić information content (AvgIpc) is 3.32. The van der Waals surface area contributed by atoms with Gasteiger partial charge < -0.3 is 4.74 Å². The molecule has 2 aliphatic rings. The van der Waals surface area contributed by atoms with Crippen molar-refractivity contribution >= 4 is 12.0 Å². The fourth-order valence-electron chi connectivity index (χ4n) is 4.39. The summed E-state index contributed by atoms with van der Waals surface area (Å²) in [6.45, 7) is 4.73. The molecule has 28 heavy (non-hydrogen) atoms. The Hall–Kier alpha value is -2.66. The number of benzene rings is 2. The maximum atomic E-state index is 13.4. The van der Waals surface area contributed by atoms with Crippen LogP contribution in [0.5, 0.6) is 0 Å². The number of cyclic esters (lactones) is 1. The van der Waals surface area contributed by atoms with Crippen LogP contribution in [0.4, 0.5) is 4.79 Å². The maximum absolute atomic E-state index is 13.4. The number of hydrogen-bond acceptors (Lipinski definition) is 4. The van der Waals surface area contributed by atoms with Crippen LogP contribution in [0.25, 0.3) is 0 Å². The van der Waals surface area contributed by atoms with Gasteiger partial charge in [0, 0.05) is 19.6 Å². The molecule has 2 aromatic carbocycles. The zero-order valence-corrected chi connectivity index (χ0v) is 16.2. The van der Waals surface area contributed by atoms with E-state index in [0.717, 1.165) is 25.1 Å². The molecule has 2 fully saturated rings. The number of carbonyl (C=O) groups excluding carboxylic acids is 2. The van der Waals surface area contributed by atoms with Gasteiger partial charge in [-0.05, 0) is 17.0 Å². The SMILES string of the molecule is CC[C@H]1CN(Cc2ccccc2)C[C@H]1C(=O)N1C(=O)OC[C@H]1c1ccccc1. The number of nitrogens with zero attached hydrogens (tertiary/aromatic N) is 2. The fraction of sp³-hybridized carbons (Fsp3) is 0.391. The standard InChI is InChI=1S/C23H26N2O3/c1-2-18-14-24(13-17-9-5-3-6-10-17)15-20(18)22(26)25-21(16-28-23(25)27)19-11-7-4-8-12-19/h3-12,18,20-21H,2,13-16H2,1H3/t18-,20+,21-/m0/s1. The highest BCUT2D eigenvalue weighted by molar-refractivity contribution is 5.95. The van der Waals surface area contributed by atoms with Crippen molar-refractivity contribution in [2.75, 3.05) is 19.7 Å². The van der Waals surface area contributed by atoms with Crippen molar-refractivity contribution in [3.05, 3.63) is 71.8 Å². The van der Waals surface area contributed by atoms with Crippen LogP contribution >= 0.6 is 0 Å². The lowest BCUT2D eigenvalue weighted by atomic mass is 9.91. The van der Waals surface area contributed by atoms with E-state index in [1.54, 1.807) is 0 Å². The smallest absolute Gasteiger partial charge is 0.417 e. The van der Waals surface area contributed by atoms with Crippen molar-refractivity contribution in [2.45, 2.75) is 25.9 Å². The minimum Gasteiger partial charge on any atom is -0.446 e. The second-order valence-corrected chi connectivity index (χ2v) is 7.67. The van der Waals surface area contributed by atoms with Gasteiger partial charge in [0.25, 0.3) is 0 Å². The number of rotatable bonds is 5. The first-order valence-electron chi connectivity index (χ1n) is 9.98. The molecule has 0 N–H and O–H groups in total. The minimum atomic E-state index is -0.518. The molecule has 0 saturated carbocycles. The molecule has 0 aromatic heterocycles. The molecule has 146 valence electrons. The molecular weight excluding hydrogens is 352 g/mol. The summed E-state index contributed by atoms with van der Waals surface area (Å²) in [7, 11) is 0. The van der Waals surface area contributed by atoms with Crippen LogP contribution in [0.2, 0.25) is 0 Å². The van der Waals surface area contributed by atoms with E-state index in [1.807, 2.05) is 48.5 Å². The van der Waals surface area contributed by atoms with Gasteiger partial charge in [-0.25, -0.2) is 9.69 Å². The maximum Gasteiger partial charge on any atom is 0.417 e. The lowest BCUT2D eigenvalue weighted by Gasteiger charge is -2.25. The number of carbonyl (C=O) groups is 2. The Morgan fingerprint density at radius 3 is 2.39 bits per heavy atom. The predicted octanol–water partition coefficient (Wildman–Crippen LogP) is 3.86. The summed E-state index contributed by atoms with van der Waals surface area (Å²) in [5.41, 5.74) is 2.18. The normalized spacial score (nSPS) is 25.1. The van der Waals surface area contributed by atoms with Gasteiger partial charge in [-0.2, -0.15) is 0 Å². The minimum absolute atomic E-state index is 0.0984. The van der Waals surface area contributed by atoms with E-state index >= 15 is 0 Å². The van der Waals surface area contributed by atoms with Crippen LogP contribution in [-0.2, 0) is 16.1 Å². The second kappa shape index (κ2) is 8.15. The lowest BCUT2D eigenvalue weighted by molar-refractivity contribution is -0.134. The third-order valence-corrected chi connectivity index (χ3v) is 5.90. The van der Waals surface area contributed by atoms with Crippen LogP contribution in [0.3, 0.4) is 0 Å². The highest BCUT2D eigenvalue weighted by Crippen LogP contribution is 2.34. The number of ether oxygens (including phenoxy) is 1. The lowest BCUT2D eigenvalue weighted by Crippen LogP contribution is -2.41.